The van der Waals surface area contributed by atoms with Gasteiger partial charge in [-0.3, -0.25) is 29.4 Å². The van der Waals surface area contributed by atoms with E-state index >= 15 is 0 Å². The Bertz CT molecular complexity index is 2240. The van der Waals surface area contributed by atoms with E-state index in [1.807, 2.05) is 54.6 Å². The fourth-order valence-corrected chi connectivity index (χ4v) is 6.67. The molecule has 0 saturated carbocycles. The zero-order chi connectivity index (χ0) is 42.5. The minimum Gasteiger partial charge on any atom is -0.384 e. The van der Waals surface area contributed by atoms with Crippen LogP contribution in [0.2, 0.25) is 0 Å². The lowest BCUT2D eigenvalue weighted by molar-refractivity contribution is -0.134. The van der Waals surface area contributed by atoms with Crippen molar-refractivity contribution in [3.8, 4) is 0 Å². The molecule has 5 aromatic rings. The molecule has 5 atom stereocenters. The van der Waals surface area contributed by atoms with Gasteiger partial charge in [-0.05, 0) is 61.6 Å². The van der Waals surface area contributed by atoms with Crippen molar-refractivity contribution in [3.05, 3.63) is 108 Å². The summed E-state index contributed by atoms with van der Waals surface area (Å²) in [6, 6.07) is 18.2. The largest absolute Gasteiger partial charge is 0.384 e. The number of amides is 7. The molecule has 0 fully saturated rings. The number of hydrogen-bond donors (Lipinski definition) is 10. The maximum Gasteiger partial charge on any atom is 0.336 e. The molecule has 312 valence electrons. The van der Waals surface area contributed by atoms with Crippen LogP contribution >= 0.6 is 0 Å². The third kappa shape index (κ3) is 11.9. The lowest BCUT2D eigenvalue weighted by Gasteiger charge is -2.27. The van der Waals surface area contributed by atoms with E-state index in [2.05, 4.69) is 36.7 Å². The maximum absolute atomic E-state index is 14.3. The number of aliphatic hydroxyl groups is 1. The van der Waals surface area contributed by atoms with Crippen LogP contribution in [0.1, 0.15) is 42.9 Å². The molecule has 0 saturated heterocycles. The van der Waals surface area contributed by atoms with Gasteiger partial charge in [0.25, 0.3) is 5.91 Å². The van der Waals surface area contributed by atoms with Crippen molar-refractivity contribution in [2.24, 2.45) is 11.5 Å². The summed E-state index contributed by atoms with van der Waals surface area (Å²) in [5.41, 5.74) is 17.5. The number of carbonyl (C=O) groups excluding carboxylic acids is 6. The summed E-state index contributed by atoms with van der Waals surface area (Å²) in [5, 5.41) is 23.1. The van der Waals surface area contributed by atoms with E-state index in [1.54, 1.807) is 36.7 Å². The normalized spacial score (nSPS) is 13.7. The molecule has 0 radical (unpaired) electrons. The molecule has 3 aromatic carbocycles. The lowest BCUT2D eigenvalue weighted by atomic mass is 10.0. The number of hydrazine groups is 1. The third-order valence-corrected chi connectivity index (χ3v) is 9.93. The monoisotopic (exact) mass is 808 g/mol. The molecule has 59 heavy (non-hydrogen) atoms. The highest BCUT2D eigenvalue weighted by atomic mass is 16.3. The van der Waals surface area contributed by atoms with Crippen molar-refractivity contribution < 1.29 is 33.9 Å². The minimum atomic E-state index is -1.41. The average Bonchev–Trinajstić information content (AvgIpc) is 3.83. The first-order chi connectivity index (χ1) is 28.3. The van der Waals surface area contributed by atoms with Gasteiger partial charge in [0, 0.05) is 60.5 Å². The molecule has 17 heteroatoms. The van der Waals surface area contributed by atoms with Crippen molar-refractivity contribution in [3.63, 3.8) is 0 Å². The molecular weight excluding hydrogens is 757 g/mol. The molecule has 0 bridgehead atoms. The summed E-state index contributed by atoms with van der Waals surface area (Å²) in [4.78, 5) is 86.8. The van der Waals surface area contributed by atoms with Gasteiger partial charge in [0.1, 0.15) is 30.3 Å². The second kappa shape index (κ2) is 20.6. The molecule has 17 nitrogen and oxygen atoms in total. The summed E-state index contributed by atoms with van der Waals surface area (Å²) in [6.45, 7) is 1.67. The fourth-order valence-electron chi connectivity index (χ4n) is 6.67. The summed E-state index contributed by atoms with van der Waals surface area (Å²) in [6.07, 6.45) is 3.47. The molecule has 2 aromatic heterocycles. The molecule has 0 unspecified atom stereocenters. The van der Waals surface area contributed by atoms with Crippen molar-refractivity contribution >= 4 is 57.4 Å². The lowest BCUT2D eigenvalue weighted by Crippen LogP contribution is -2.60. The number of primary amides is 1. The van der Waals surface area contributed by atoms with Crippen molar-refractivity contribution in [2.75, 3.05) is 13.6 Å². The molecule has 12 N–H and O–H groups in total. The first kappa shape index (κ1) is 43.4. The standard InChI is InChI=1S/C42H52N10O7/c1-25(53)38(55)48-36(22-28-24-46-32-17-9-7-15-30(28)32)41(58)51-52(2)42(59)50-35(21-27-23-45-31-16-8-6-14-29(27)31)40(57)49-34(20-26-12-4-3-5-13-26)39(56)47-33(37(44)54)18-10-11-19-43/h3-9,12-17,23-25,33-36,45-46,53H,10-11,18-22,43H2,1-2H3,(H2,44,54)(H,47,56)(H,48,55)(H,49,57)(H,50,59)(H,51,58)/t25-,33-,34+,35-,36+/m0/s1. The van der Waals surface area contributed by atoms with E-state index in [9.17, 15) is 33.9 Å². The van der Waals surface area contributed by atoms with Crippen LogP contribution in [0.5, 0.6) is 0 Å². The van der Waals surface area contributed by atoms with Gasteiger partial charge in [0.2, 0.25) is 23.6 Å². The number of aliphatic hydroxyl groups excluding tert-OH is 1. The van der Waals surface area contributed by atoms with E-state index in [0.717, 1.165) is 32.4 Å². The van der Waals surface area contributed by atoms with Gasteiger partial charge in [-0.15, -0.1) is 0 Å². The Labute approximate surface area is 341 Å². The number of carbonyl (C=O) groups is 6. The zero-order valence-electron chi connectivity index (χ0n) is 33.0. The van der Waals surface area contributed by atoms with Crippen LogP contribution in [-0.4, -0.2) is 99.5 Å². The number of aromatic nitrogens is 2. The highest BCUT2D eigenvalue weighted by molar-refractivity contribution is 5.96. The number of aromatic amines is 2. The van der Waals surface area contributed by atoms with E-state index in [4.69, 9.17) is 11.5 Å². The number of urea groups is 1. The van der Waals surface area contributed by atoms with Gasteiger partial charge < -0.3 is 47.8 Å². The Hall–Kier alpha value is -6.72. The molecule has 7 amide bonds. The number of benzene rings is 3. The van der Waals surface area contributed by atoms with E-state index in [1.165, 1.54) is 14.0 Å². The number of unbranched alkanes of at least 4 members (excludes halogenated alkanes) is 1. The first-order valence-corrected chi connectivity index (χ1v) is 19.4. The van der Waals surface area contributed by atoms with Gasteiger partial charge in [-0.25, -0.2) is 9.80 Å². The predicted octanol–water partition coefficient (Wildman–Crippen LogP) is 1.17. The summed E-state index contributed by atoms with van der Waals surface area (Å²) in [5.74, 6) is -3.67. The van der Waals surface area contributed by atoms with E-state index < -0.39 is 65.8 Å². The number of hydrogen-bond acceptors (Lipinski definition) is 8. The second-order valence-electron chi connectivity index (χ2n) is 14.4. The third-order valence-electron chi connectivity index (χ3n) is 9.93. The van der Waals surface area contributed by atoms with Gasteiger partial charge in [0.15, 0.2) is 0 Å². The molecule has 0 spiro atoms. The topological polar surface area (TPSA) is 270 Å². The highest BCUT2D eigenvalue weighted by Crippen LogP contribution is 2.21. The molecule has 2 heterocycles. The Balaban J connectivity index is 1.37. The Kier molecular flexibility index (Phi) is 15.2. The van der Waals surface area contributed by atoms with E-state index in [-0.39, 0.29) is 25.7 Å². The summed E-state index contributed by atoms with van der Waals surface area (Å²) in [7, 11) is 1.27. The number of para-hydroxylation sites is 2. The number of fused-ring (bicyclic) bond motifs is 2. The van der Waals surface area contributed by atoms with Crippen molar-refractivity contribution in [1.29, 1.82) is 0 Å². The van der Waals surface area contributed by atoms with Crippen LogP contribution in [0, 0.1) is 0 Å². The van der Waals surface area contributed by atoms with Crippen LogP contribution < -0.4 is 38.2 Å². The van der Waals surface area contributed by atoms with Crippen LogP contribution in [0.15, 0.2) is 91.3 Å². The van der Waals surface area contributed by atoms with Crippen molar-refractivity contribution in [2.45, 2.75) is 75.7 Å². The van der Waals surface area contributed by atoms with E-state index in [0.29, 0.717) is 30.5 Å². The average molecular weight is 809 g/mol. The van der Waals surface area contributed by atoms with Gasteiger partial charge >= 0.3 is 6.03 Å². The molecule has 5 rings (SSSR count). The Morgan fingerprint density at radius 2 is 1.14 bits per heavy atom. The number of nitrogens with zero attached hydrogens (tertiary/aromatic N) is 1. The summed E-state index contributed by atoms with van der Waals surface area (Å²) >= 11 is 0. The number of nitrogens with two attached hydrogens (primary N) is 2. The smallest absolute Gasteiger partial charge is 0.336 e. The second-order valence-corrected chi connectivity index (χ2v) is 14.4. The molecular formula is C42H52N10O7. The predicted molar refractivity (Wildman–Crippen MR) is 222 cm³/mol. The van der Waals surface area contributed by atoms with Crippen LogP contribution in [-0.2, 0) is 43.2 Å². The fraction of sp³-hybridized carbons (Fsp3) is 0.333. The van der Waals surface area contributed by atoms with Crippen molar-refractivity contribution in [1.82, 2.24) is 41.7 Å². The zero-order valence-corrected chi connectivity index (χ0v) is 33.0. The molecule has 0 aliphatic carbocycles. The highest BCUT2D eigenvalue weighted by Gasteiger charge is 2.32. The summed E-state index contributed by atoms with van der Waals surface area (Å²) < 4.78 is 0. The van der Waals surface area contributed by atoms with Gasteiger partial charge in [-0.1, -0.05) is 66.7 Å². The Morgan fingerprint density at radius 1 is 0.644 bits per heavy atom. The Morgan fingerprint density at radius 3 is 1.68 bits per heavy atom. The van der Waals surface area contributed by atoms with Crippen LogP contribution in [0.3, 0.4) is 0 Å². The number of H-pyrrole nitrogens is 2. The molecule has 0 aliphatic rings. The van der Waals surface area contributed by atoms with Crippen LogP contribution in [0.4, 0.5) is 4.79 Å². The maximum atomic E-state index is 14.3. The van der Waals surface area contributed by atoms with Gasteiger partial charge in [0.05, 0.1) is 0 Å². The van der Waals surface area contributed by atoms with Crippen LogP contribution in [0.25, 0.3) is 21.8 Å². The quantitative estimate of drug-likeness (QED) is 0.0426. The van der Waals surface area contributed by atoms with Gasteiger partial charge in [-0.2, -0.15) is 0 Å². The molecule has 0 aliphatic heterocycles. The SMILES string of the molecule is C[C@H](O)C(=O)N[C@H](Cc1c[nH]c2ccccc12)C(=O)NN(C)C(=O)N[C@@H](Cc1c[nH]c2ccccc12)C(=O)N[C@H](Cc1ccccc1)C(=O)N[C@@H](CCCCN)C(N)=O. The number of nitrogens with one attached hydrogen (secondary N) is 7. The first-order valence-electron chi connectivity index (χ1n) is 19.4. The minimum absolute atomic E-state index is 0.0177. The number of rotatable bonds is 19.